The van der Waals surface area contributed by atoms with Gasteiger partial charge in [0.2, 0.25) is 0 Å². The molecule has 0 aromatic carbocycles. The second-order valence-electron chi connectivity index (χ2n) is 5.71. The van der Waals surface area contributed by atoms with Crippen LogP contribution in [0.15, 0.2) is 5.38 Å². The largest absolute Gasteiger partial charge is 0.379 e. The molecule has 7 heteroatoms. The normalized spacial score (nSPS) is 17.9. The summed E-state index contributed by atoms with van der Waals surface area (Å²) in [7, 11) is 0. The molecule has 1 unspecified atom stereocenters. The van der Waals surface area contributed by atoms with E-state index in [1.165, 1.54) is 11.3 Å². The van der Waals surface area contributed by atoms with Crippen LogP contribution in [-0.4, -0.2) is 54.7 Å². The number of aromatic nitrogens is 1. The van der Waals surface area contributed by atoms with E-state index < -0.39 is 0 Å². The SMILES string of the molecule is CC(C)CC(CNC(=O)c1csc(N)n1)N1CCOCC1. The van der Waals surface area contributed by atoms with E-state index in [2.05, 4.69) is 29.0 Å². The summed E-state index contributed by atoms with van der Waals surface area (Å²) in [6.07, 6.45) is 1.06. The zero-order chi connectivity index (χ0) is 15.2. The Morgan fingerprint density at radius 3 is 2.81 bits per heavy atom. The molecule has 2 heterocycles. The molecule has 1 fully saturated rings. The van der Waals surface area contributed by atoms with Crippen LogP contribution in [0, 0.1) is 5.92 Å². The van der Waals surface area contributed by atoms with Crippen LogP contribution in [0.25, 0.3) is 0 Å². The van der Waals surface area contributed by atoms with Crippen LogP contribution in [0.3, 0.4) is 0 Å². The van der Waals surface area contributed by atoms with Crippen molar-refractivity contribution >= 4 is 22.4 Å². The Balaban J connectivity index is 1.90. The third kappa shape index (κ3) is 4.94. The third-order valence-corrected chi connectivity index (χ3v) is 4.23. The number of hydrogen-bond donors (Lipinski definition) is 2. The highest BCUT2D eigenvalue weighted by atomic mass is 32.1. The maximum absolute atomic E-state index is 12.1. The highest BCUT2D eigenvalue weighted by Crippen LogP contribution is 2.14. The molecule has 118 valence electrons. The van der Waals surface area contributed by atoms with E-state index in [0.29, 0.717) is 29.3 Å². The van der Waals surface area contributed by atoms with Crippen LogP contribution >= 0.6 is 11.3 Å². The minimum atomic E-state index is -0.148. The fourth-order valence-corrected chi connectivity index (χ4v) is 3.08. The van der Waals surface area contributed by atoms with E-state index in [-0.39, 0.29) is 5.91 Å². The number of hydrogen-bond acceptors (Lipinski definition) is 6. The Labute approximate surface area is 129 Å². The molecule has 0 bridgehead atoms. The van der Waals surface area contributed by atoms with Crippen molar-refractivity contribution in [2.45, 2.75) is 26.3 Å². The van der Waals surface area contributed by atoms with Gasteiger partial charge in [-0.05, 0) is 12.3 Å². The molecule has 1 amide bonds. The first-order valence-electron chi connectivity index (χ1n) is 7.37. The van der Waals surface area contributed by atoms with Crippen molar-refractivity contribution in [2.75, 3.05) is 38.6 Å². The molecule has 2 rings (SSSR count). The third-order valence-electron chi connectivity index (χ3n) is 3.56. The van der Waals surface area contributed by atoms with Crippen LogP contribution in [-0.2, 0) is 4.74 Å². The zero-order valence-corrected chi connectivity index (χ0v) is 13.5. The Bertz CT molecular complexity index is 458. The summed E-state index contributed by atoms with van der Waals surface area (Å²) >= 11 is 1.28. The van der Waals surface area contributed by atoms with Gasteiger partial charge in [0.25, 0.3) is 5.91 Å². The minimum Gasteiger partial charge on any atom is -0.379 e. The molecule has 1 aromatic heterocycles. The summed E-state index contributed by atoms with van der Waals surface area (Å²) < 4.78 is 5.40. The maximum atomic E-state index is 12.1. The molecule has 1 aromatic rings. The minimum absolute atomic E-state index is 0.148. The predicted molar refractivity (Wildman–Crippen MR) is 84.5 cm³/mol. The van der Waals surface area contributed by atoms with Crippen LogP contribution in [0.4, 0.5) is 5.13 Å². The highest BCUT2D eigenvalue weighted by molar-refractivity contribution is 7.13. The van der Waals surface area contributed by atoms with Crippen LogP contribution in [0.5, 0.6) is 0 Å². The van der Waals surface area contributed by atoms with E-state index in [1.54, 1.807) is 5.38 Å². The molecule has 1 aliphatic rings. The lowest BCUT2D eigenvalue weighted by Crippen LogP contribution is -2.49. The number of nitrogen functional groups attached to an aromatic ring is 1. The summed E-state index contributed by atoms with van der Waals surface area (Å²) in [6.45, 7) is 8.44. The second kappa shape index (κ2) is 7.72. The number of nitrogens with one attached hydrogen (secondary N) is 1. The van der Waals surface area contributed by atoms with Gasteiger partial charge >= 0.3 is 0 Å². The molecule has 1 saturated heterocycles. The average Bonchev–Trinajstić information content (AvgIpc) is 2.90. The fraction of sp³-hybridized carbons (Fsp3) is 0.714. The number of rotatable bonds is 6. The van der Waals surface area contributed by atoms with Crippen molar-refractivity contribution in [3.05, 3.63) is 11.1 Å². The molecule has 21 heavy (non-hydrogen) atoms. The summed E-state index contributed by atoms with van der Waals surface area (Å²) in [4.78, 5) is 18.5. The van der Waals surface area contributed by atoms with Gasteiger partial charge in [-0.3, -0.25) is 9.69 Å². The van der Waals surface area contributed by atoms with Gasteiger partial charge in [-0.15, -0.1) is 11.3 Å². The summed E-state index contributed by atoms with van der Waals surface area (Å²) in [5, 5.41) is 5.10. The molecule has 0 aliphatic carbocycles. The van der Waals surface area contributed by atoms with E-state index in [0.717, 1.165) is 32.7 Å². The Morgan fingerprint density at radius 1 is 1.52 bits per heavy atom. The second-order valence-corrected chi connectivity index (χ2v) is 6.60. The molecule has 6 nitrogen and oxygen atoms in total. The lowest BCUT2D eigenvalue weighted by molar-refractivity contribution is 0.0124. The summed E-state index contributed by atoms with van der Waals surface area (Å²) in [5.41, 5.74) is 5.97. The zero-order valence-electron chi connectivity index (χ0n) is 12.7. The van der Waals surface area contributed by atoms with Crippen molar-refractivity contribution in [3.63, 3.8) is 0 Å². The fourth-order valence-electron chi connectivity index (χ4n) is 2.54. The average molecular weight is 312 g/mol. The van der Waals surface area contributed by atoms with E-state index in [9.17, 15) is 4.79 Å². The quantitative estimate of drug-likeness (QED) is 0.825. The lowest BCUT2D eigenvalue weighted by Gasteiger charge is -2.35. The number of nitrogens with zero attached hydrogens (tertiary/aromatic N) is 2. The van der Waals surface area contributed by atoms with Gasteiger partial charge < -0.3 is 15.8 Å². The highest BCUT2D eigenvalue weighted by Gasteiger charge is 2.23. The van der Waals surface area contributed by atoms with Gasteiger partial charge in [0.15, 0.2) is 5.13 Å². The van der Waals surface area contributed by atoms with Crippen LogP contribution < -0.4 is 11.1 Å². The number of morpholine rings is 1. The number of amides is 1. The van der Waals surface area contributed by atoms with Crippen molar-refractivity contribution in [2.24, 2.45) is 5.92 Å². The van der Waals surface area contributed by atoms with Gasteiger partial charge in [0.05, 0.1) is 13.2 Å². The first-order valence-corrected chi connectivity index (χ1v) is 8.25. The molecular weight excluding hydrogens is 288 g/mol. The van der Waals surface area contributed by atoms with Crippen LogP contribution in [0.2, 0.25) is 0 Å². The first-order chi connectivity index (χ1) is 10.1. The van der Waals surface area contributed by atoms with Gasteiger partial charge in [-0.2, -0.15) is 0 Å². The number of carbonyl (C=O) groups is 1. The van der Waals surface area contributed by atoms with Gasteiger partial charge in [0.1, 0.15) is 5.69 Å². The van der Waals surface area contributed by atoms with Crippen LogP contribution in [0.1, 0.15) is 30.8 Å². The van der Waals surface area contributed by atoms with Gasteiger partial charge in [0, 0.05) is 31.1 Å². The Hall–Kier alpha value is -1.18. The first kappa shape index (κ1) is 16.2. The number of thiazole rings is 1. The molecule has 0 saturated carbocycles. The summed E-state index contributed by atoms with van der Waals surface area (Å²) in [6, 6.07) is 0.342. The van der Waals surface area contributed by atoms with E-state index >= 15 is 0 Å². The number of carbonyl (C=O) groups excluding carboxylic acids is 1. The molecule has 1 atom stereocenters. The number of nitrogens with two attached hydrogens (primary N) is 1. The maximum Gasteiger partial charge on any atom is 0.270 e. The summed E-state index contributed by atoms with van der Waals surface area (Å²) in [5.74, 6) is 0.439. The van der Waals surface area contributed by atoms with Gasteiger partial charge in [-0.25, -0.2) is 4.98 Å². The lowest BCUT2D eigenvalue weighted by atomic mass is 10.0. The Morgan fingerprint density at radius 2 is 2.24 bits per heavy atom. The van der Waals surface area contributed by atoms with Crippen molar-refractivity contribution in [1.82, 2.24) is 15.2 Å². The van der Waals surface area contributed by atoms with Crippen molar-refractivity contribution < 1.29 is 9.53 Å². The molecule has 3 N–H and O–H groups in total. The molecule has 0 spiro atoms. The van der Waals surface area contributed by atoms with Crippen molar-refractivity contribution in [3.8, 4) is 0 Å². The van der Waals surface area contributed by atoms with E-state index in [4.69, 9.17) is 10.5 Å². The smallest absolute Gasteiger partial charge is 0.270 e. The number of ether oxygens (including phenoxy) is 1. The molecule has 0 radical (unpaired) electrons. The van der Waals surface area contributed by atoms with E-state index in [1.807, 2.05) is 0 Å². The van der Waals surface area contributed by atoms with Crippen molar-refractivity contribution in [1.29, 1.82) is 0 Å². The number of anilines is 1. The predicted octanol–water partition coefficient (Wildman–Crippen LogP) is 1.20. The monoisotopic (exact) mass is 312 g/mol. The molecule has 1 aliphatic heterocycles. The standard InChI is InChI=1S/C14H24N4O2S/c1-10(2)7-11(18-3-5-20-6-4-18)8-16-13(19)12-9-21-14(15)17-12/h9-11H,3-8H2,1-2H3,(H2,15,17)(H,16,19). The topological polar surface area (TPSA) is 80.5 Å². The Kier molecular flexibility index (Phi) is 5.96. The van der Waals surface area contributed by atoms with Gasteiger partial charge in [-0.1, -0.05) is 13.8 Å². The molecular formula is C14H24N4O2S.